The number of hydrogen-bond acceptors (Lipinski definition) is 3. The molecule has 1 heterocycles. The van der Waals surface area contributed by atoms with Crippen LogP contribution in [0.3, 0.4) is 0 Å². The van der Waals surface area contributed by atoms with Crippen molar-refractivity contribution >= 4 is 6.34 Å². The van der Waals surface area contributed by atoms with Crippen molar-refractivity contribution in [1.29, 1.82) is 0 Å². The molecule has 3 heteroatoms. The number of hydrogen-bond donors (Lipinski definition) is 1. The lowest BCUT2D eigenvalue weighted by molar-refractivity contribution is 0.406. The van der Waals surface area contributed by atoms with E-state index >= 15 is 0 Å². The molecule has 0 bridgehead atoms. The van der Waals surface area contributed by atoms with Crippen molar-refractivity contribution in [2.45, 2.75) is 6.04 Å². The highest BCUT2D eigenvalue weighted by atomic mass is 16.5. The Morgan fingerprint density at radius 3 is 3.00 bits per heavy atom. The van der Waals surface area contributed by atoms with E-state index in [-0.39, 0.29) is 6.04 Å². The fourth-order valence-electron chi connectivity index (χ4n) is 1.49. The molecule has 1 atom stereocenters. The van der Waals surface area contributed by atoms with Gasteiger partial charge < -0.3 is 10.1 Å². The van der Waals surface area contributed by atoms with Crippen LogP contribution in [0.2, 0.25) is 0 Å². The van der Waals surface area contributed by atoms with Crippen LogP contribution < -0.4 is 10.1 Å². The number of rotatable bonds is 2. The van der Waals surface area contributed by atoms with Crippen LogP contribution in [-0.2, 0) is 0 Å². The minimum absolute atomic E-state index is 0.205. The van der Waals surface area contributed by atoms with Crippen molar-refractivity contribution in [3.05, 3.63) is 29.8 Å². The molecule has 0 spiro atoms. The van der Waals surface area contributed by atoms with Crippen LogP contribution in [0.15, 0.2) is 29.3 Å². The maximum atomic E-state index is 5.26. The highest BCUT2D eigenvalue weighted by molar-refractivity contribution is 5.58. The molecule has 0 saturated carbocycles. The number of aliphatic imine (C=N–C) groups is 1. The maximum Gasteiger partial charge on any atom is 0.124 e. The number of benzene rings is 1. The lowest BCUT2D eigenvalue weighted by Gasteiger charge is -2.11. The quantitative estimate of drug-likeness (QED) is 0.738. The van der Waals surface area contributed by atoms with Crippen molar-refractivity contribution in [3.63, 3.8) is 0 Å². The summed E-state index contributed by atoms with van der Waals surface area (Å²) < 4.78 is 5.26. The van der Waals surface area contributed by atoms with E-state index in [4.69, 9.17) is 4.74 Å². The van der Waals surface area contributed by atoms with Gasteiger partial charge in [-0.2, -0.15) is 0 Å². The van der Waals surface area contributed by atoms with Gasteiger partial charge in [0.05, 0.1) is 19.5 Å². The van der Waals surface area contributed by atoms with E-state index in [2.05, 4.69) is 10.3 Å². The Balaban J connectivity index is 2.32. The molecule has 1 aromatic rings. The Kier molecular flexibility index (Phi) is 2.17. The molecule has 13 heavy (non-hydrogen) atoms. The normalized spacial score (nSPS) is 19.9. The topological polar surface area (TPSA) is 33.6 Å². The molecular weight excluding hydrogens is 164 g/mol. The zero-order chi connectivity index (χ0) is 9.10. The van der Waals surface area contributed by atoms with Crippen molar-refractivity contribution in [2.75, 3.05) is 13.7 Å². The summed E-state index contributed by atoms with van der Waals surface area (Å²) in [5.41, 5.74) is 1.14. The van der Waals surface area contributed by atoms with Crippen molar-refractivity contribution in [1.82, 2.24) is 5.32 Å². The molecule has 0 saturated heterocycles. The van der Waals surface area contributed by atoms with Gasteiger partial charge in [0.1, 0.15) is 5.75 Å². The molecule has 1 N–H and O–H groups in total. The van der Waals surface area contributed by atoms with Crippen LogP contribution in [-0.4, -0.2) is 20.0 Å². The monoisotopic (exact) mass is 176 g/mol. The number of nitrogens with one attached hydrogen (secondary N) is 1. The van der Waals surface area contributed by atoms with Crippen LogP contribution >= 0.6 is 0 Å². The summed E-state index contributed by atoms with van der Waals surface area (Å²) in [5, 5.41) is 3.07. The summed E-state index contributed by atoms with van der Waals surface area (Å²) >= 11 is 0. The Bertz CT molecular complexity index is 322. The maximum absolute atomic E-state index is 5.26. The van der Waals surface area contributed by atoms with E-state index in [9.17, 15) is 0 Å². The van der Waals surface area contributed by atoms with E-state index in [1.165, 1.54) is 0 Å². The Morgan fingerprint density at radius 2 is 2.31 bits per heavy atom. The Hall–Kier alpha value is -1.51. The SMILES string of the molecule is COc1ccccc1C1CNC=N1. The Morgan fingerprint density at radius 1 is 1.46 bits per heavy atom. The number of methoxy groups -OCH3 is 1. The van der Waals surface area contributed by atoms with Gasteiger partial charge in [0.15, 0.2) is 0 Å². The lowest BCUT2D eigenvalue weighted by atomic mass is 10.1. The van der Waals surface area contributed by atoms with E-state index in [0.29, 0.717) is 0 Å². The number of ether oxygens (including phenoxy) is 1. The molecule has 1 unspecified atom stereocenters. The second kappa shape index (κ2) is 3.47. The van der Waals surface area contributed by atoms with Gasteiger partial charge in [0.2, 0.25) is 0 Å². The number of nitrogens with zero attached hydrogens (tertiary/aromatic N) is 1. The third-order valence-corrected chi connectivity index (χ3v) is 2.15. The van der Waals surface area contributed by atoms with Gasteiger partial charge in [0.25, 0.3) is 0 Å². The molecular formula is C10H12N2O. The van der Waals surface area contributed by atoms with Gasteiger partial charge in [-0.25, -0.2) is 0 Å². The predicted molar refractivity (Wildman–Crippen MR) is 52.2 cm³/mol. The number of para-hydroxylation sites is 1. The predicted octanol–water partition coefficient (Wildman–Crippen LogP) is 1.37. The first-order valence-corrected chi connectivity index (χ1v) is 4.30. The van der Waals surface area contributed by atoms with E-state index in [1.54, 1.807) is 13.4 Å². The summed E-state index contributed by atoms with van der Waals surface area (Å²) in [4.78, 5) is 4.30. The van der Waals surface area contributed by atoms with Crippen molar-refractivity contribution in [3.8, 4) is 5.75 Å². The van der Waals surface area contributed by atoms with E-state index < -0.39 is 0 Å². The molecule has 1 aliphatic rings. The molecule has 2 rings (SSSR count). The minimum Gasteiger partial charge on any atom is -0.496 e. The van der Waals surface area contributed by atoms with Crippen LogP contribution in [0, 0.1) is 0 Å². The summed E-state index contributed by atoms with van der Waals surface area (Å²) in [6, 6.07) is 8.19. The average Bonchev–Trinajstić information content (AvgIpc) is 2.70. The van der Waals surface area contributed by atoms with Gasteiger partial charge in [-0.15, -0.1) is 0 Å². The summed E-state index contributed by atoms with van der Waals surface area (Å²) in [6.45, 7) is 0.861. The van der Waals surface area contributed by atoms with E-state index in [1.807, 2.05) is 24.3 Å². The zero-order valence-electron chi connectivity index (χ0n) is 7.53. The zero-order valence-corrected chi connectivity index (χ0v) is 7.53. The lowest BCUT2D eigenvalue weighted by Crippen LogP contribution is -2.10. The standard InChI is InChI=1S/C10H12N2O/c1-13-10-5-3-2-4-8(10)9-6-11-7-12-9/h2-5,7,9H,6H2,1H3,(H,11,12). The highest BCUT2D eigenvalue weighted by Crippen LogP contribution is 2.27. The van der Waals surface area contributed by atoms with Crippen LogP contribution in [0.25, 0.3) is 0 Å². The molecule has 1 aliphatic heterocycles. The smallest absolute Gasteiger partial charge is 0.124 e. The molecule has 0 radical (unpaired) electrons. The summed E-state index contributed by atoms with van der Waals surface area (Å²) in [5.74, 6) is 0.911. The fraction of sp³-hybridized carbons (Fsp3) is 0.300. The van der Waals surface area contributed by atoms with E-state index in [0.717, 1.165) is 17.9 Å². The second-order valence-corrected chi connectivity index (χ2v) is 2.94. The third-order valence-electron chi connectivity index (χ3n) is 2.15. The molecule has 3 nitrogen and oxygen atoms in total. The van der Waals surface area contributed by atoms with Crippen LogP contribution in [0.1, 0.15) is 11.6 Å². The largest absolute Gasteiger partial charge is 0.496 e. The average molecular weight is 176 g/mol. The Labute approximate surface area is 77.4 Å². The van der Waals surface area contributed by atoms with Gasteiger partial charge in [0, 0.05) is 12.1 Å². The first-order valence-electron chi connectivity index (χ1n) is 4.30. The molecule has 0 amide bonds. The fourth-order valence-corrected chi connectivity index (χ4v) is 1.49. The van der Waals surface area contributed by atoms with Gasteiger partial charge in [-0.3, -0.25) is 4.99 Å². The minimum atomic E-state index is 0.205. The third kappa shape index (κ3) is 1.49. The van der Waals surface area contributed by atoms with Crippen molar-refractivity contribution in [2.24, 2.45) is 4.99 Å². The highest BCUT2D eigenvalue weighted by Gasteiger charge is 2.16. The molecule has 0 fully saturated rings. The molecule has 1 aromatic carbocycles. The summed E-state index contributed by atoms with van der Waals surface area (Å²) in [7, 11) is 1.69. The van der Waals surface area contributed by atoms with Crippen molar-refractivity contribution < 1.29 is 4.74 Å². The summed E-state index contributed by atoms with van der Waals surface area (Å²) in [6.07, 6.45) is 1.75. The van der Waals surface area contributed by atoms with Gasteiger partial charge in [-0.1, -0.05) is 18.2 Å². The molecule has 0 aliphatic carbocycles. The van der Waals surface area contributed by atoms with Crippen LogP contribution in [0.5, 0.6) is 5.75 Å². The molecule has 0 aromatic heterocycles. The van der Waals surface area contributed by atoms with Crippen LogP contribution in [0.4, 0.5) is 0 Å². The second-order valence-electron chi connectivity index (χ2n) is 2.94. The van der Waals surface area contributed by atoms with Gasteiger partial charge in [-0.05, 0) is 6.07 Å². The molecule has 68 valence electrons. The first kappa shape index (κ1) is 8.10. The first-order chi connectivity index (χ1) is 6.42. The van der Waals surface area contributed by atoms with Gasteiger partial charge >= 0.3 is 0 Å².